The Morgan fingerprint density at radius 2 is 1.38 bits per heavy atom. The maximum Gasteiger partial charge on any atom is 0.263 e. The summed E-state index contributed by atoms with van der Waals surface area (Å²) in [5.74, 6) is -0.416. The van der Waals surface area contributed by atoms with E-state index in [-0.39, 0.29) is 17.7 Å². The van der Waals surface area contributed by atoms with Crippen LogP contribution in [0, 0.1) is 12.7 Å². The number of anilines is 1. The van der Waals surface area contributed by atoms with Crippen molar-refractivity contribution in [2.75, 3.05) is 5.32 Å². The molecule has 194 valence electrons. The highest BCUT2D eigenvalue weighted by Gasteiger charge is 2.17. The van der Waals surface area contributed by atoms with Crippen molar-refractivity contribution in [3.63, 3.8) is 0 Å². The molecule has 5 aromatic rings. The average Bonchev–Trinajstić information content (AvgIpc) is 2.96. The van der Waals surface area contributed by atoms with Crippen LogP contribution in [0.1, 0.15) is 21.5 Å². The van der Waals surface area contributed by atoms with Gasteiger partial charge in [0.2, 0.25) is 5.82 Å². The number of carbonyl (C=O) groups excluding carboxylic acids is 1. The molecule has 5 rings (SSSR count). The summed E-state index contributed by atoms with van der Waals surface area (Å²) in [4.78, 5) is 20.8. The Balaban J connectivity index is 1.25. The third-order valence-electron chi connectivity index (χ3n) is 5.69. The average molecular weight is 522 g/mol. The smallest absolute Gasteiger partial charge is 0.263 e. The lowest BCUT2D eigenvalue weighted by Gasteiger charge is -2.14. The van der Waals surface area contributed by atoms with Gasteiger partial charge in [0.05, 0.1) is 5.56 Å². The number of ether oxygens (including phenoxy) is 3. The lowest BCUT2D eigenvalue weighted by atomic mass is 10.1. The minimum atomic E-state index is -0.832. The maximum atomic E-state index is 14.9. The molecule has 1 N–H and O–H groups in total. The van der Waals surface area contributed by atoms with Gasteiger partial charge in [-0.05, 0) is 60.5 Å². The summed E-state index contributed by atoms with van der Waals surface area (Å²) in [5.41, 5.74) is 2.80. The Morgan fingerprint density at radius 1 is 0.769 bits per heavy atom. The second-order valence-electron chi connectivity index (χ2n) is 8.52. The van der Waals surface area contributed by atoms with Crippen LogP contribution >= 0.6 is 0 Å². The molecule has 0 bridgehead atoms. The standard InChI is InChI=1S/C31H24FN3O4/c1-21-9-8-14-26(28(21)37-19-22-10-4-2-5-11-22)29(36)35-23-15-17-25(18-16-23)39-31-27(32)30(33-20-34-31)38-24-12-6-3-7-13-24/h2-18,20H,19H2,1H3,(H,35,36). The maximum absolute atomic E-state index is 14.9. The Hall–Kier alpha value is -5.24. The number of hydrogen-bond donors (Lipinski definition) is 1. The molecule has 1 heterocycles. The Morgan fingerprint density at radius 3 is 2.05 bits per heavy atom. The van der Waals surface area contributed by atoms with E-state index >= 15 is 0 Å². The van der Waals surface area contributed by atoms with Gasteiger partial charge in [0.15, 0.2) is 0 Å². The van der Waals surface area contributed by atoms with Gasteiger partial charge in [-0.15, -0.1) is 0 Å². The monoisotopic (exact) mass is 521 g/mol. The molecule has 4 aromatic carbocycles. The molecular formula is C31H24FN3O4. The number of amides is 1. The van der Waals surface area contributed by atoms with Crippen LogP contribution in [0.5, 0.6) is 29.0 Å². The fourth-order valence-electron chi connectivity index (χ4n) is 3.75. The van der Waals surface area contributed by atoms with Crippen LogP contribution in [-0.2, 0) is 6.61 Å². The SMILES string of the molecule is Cc1cccc(C(=O)Nc2ccc(Oc3ncnc(Oc4ccccc4)c3F)cc2)c1OCc1ccccc1. The van der Waals surface area contributed by atoms with Gasteiger partial charge < -0.3 is 19.5 Å². The number of nitrogens with zero attached hydrogens (tertiary/aromatic N) is 2. The van der Waals surface area contributed by atoms with Gasteiger partial charge in [-0.2, -0.15) is 14.4 Å². The fraction of sp³-hybridized carbons (Fsp3) is 0.0645. The fourth-order valence-corrected chi connectivity index (χ4v) is 3.75. The summed E-state index contributed by atoms with van der Waals surface area (Å²) in [6.07, 6.45) is 1.16. The molecule has 0 saturated heterocycles. The molecule has 0 aliphatic rings. The van der Waals surface area contributed by atoms with Crippen LogP contribution in [-0.4, -0.2) is 15.9 Å². The number of rotatable bonds is 9. The minimum Gasteiger partial charge on any atom is -0.488 e. The summed E-state index contributed by atoms with van der Waals surface area (Å²) < 4.78 is 32.0. The largest absolute Gasteiger partial charge is 0.488 e. The summed E-state index contributed by atoms with van der Waals surface area (Å²) in [6.45, 7) is 2.24. The van der Waals surface area contributed by atoms with Crippen molar-refractivity contribution in [1.29, 1.82) is 0 Å². The highest BCUT2D eigenvalue weighted by molar-refractivity contribution is 6.06. The van der Waals surface area contributed by atoms with Crippen LogP contribution in [0.4, 0.5) is 10.1 Å². The van der Waals surface area contributed by atoms with Gasteiger partial charge in [0.1, 0.15) is 30.2 Å². The molecule has 1 amide bonds. The highest BCUT2D eigenvalue weighted by atomic mass is 19.1. The van der Waals surface area contributed by atoms with Crippen LogP contribution in [0.25, 0.3) is 0 Å². The number of nitrogens with one attached hydrogen (secondary N) is 1. The van der Waals surface area contributed by atoms with Crippen molar-refractivity contribution in [3.8, 4) is 29.0 Å². The molecule has 0 atom stereocenters. The Kier molecular flexibility index (Phi) is 7.73. The second kappa shape index (κ2) is 11.9. The zero-order chi connectivity index (χ0) is 27.0. The molecule has 0 saturated carbocycles. The van der Waals surface area contributed by atoms with Crippen LogP contribution in [0.15, 0.2) is 109 Å². The molecule has 8 heteroatoms. The number of benzene rings is 4. The molecule has 39 heavy (non-hydrogen) atoms. The second-order valence-corrected chi connectivity index (χ2v) is 8.52. The number of aryl methyl sites for hydroxylation is 1. The normalized spacial score (nSPS) is 10.5. The van der Waals surface area contributed by atoms with E-state index in [1.165, 1.54) is 0 Å². The lowest BCUT2D eigenvalue weighted by Crippen LogP contribution is -2.14. The molecule has 1 aromatic heterocycles. The number of carbonyl (C=O) groups is 1. The molecule has 0 unspecified atom stereocenters. The number of aromatic nitrogens is 2. The van der Waals surface area contributed by atoms with Crippen LogP contribution in [0.2, 0.25) is 0 Å². The third kappa shape index (κ3) is 6.37. The van der Waals surface area contributed by atoms with Crippen molar-refractivity contribution in [2.45, 2.75) is 13.5 Å². The number of hydrogen-bond acceptors (Lipinski definition) is 6. The van der Waals surface area contributed by atoms with Gasteiger partial charge >= 0.3 is 0 Å². The summed E-state index contributed by atoms with van der Waals surface area (Å²) in [5, 5.41) is 2.87. The zero-order valence-corrected chi connectivity index (χ0v) is 21.0. The Bertz CT molecular complexity index is 1560. The predicted octanol–water partition coefficient (Wildman–Crippen LogP) is 7.34. The minimum absolute atomic E-state index is 0.251. The predicted molar refractivity (Wildman–Crippen MR) is 145 cm³/mol. The first-order chi connectivity index (χ1) is 19.1. The molecular weight excluding hydrogens is 497 g/mol. The zero-order valence-electron chi connectivity index (χ0n) is 21.0. The van der Waals surface area contributed by atoms with Crippen molar-refractivity contribution in [2.24, 2.45) is 0 Å². The van der Waals surface area contributed by atoms with Crippen LogP contribution < -0.4 is 19.5 Å². The van der Waals surface area contributed by atoms with Gasteiger partial charge in [-0.1, -0.05) is 60.7 Å². The number of para-hydroxylation sites is 2. The quantitative estimate of drug-likeness (QED) is 0.219. The van der Waals surface area contributed by atoms with Crippen molar-refractivity contribution in [3.05, 3.63) is 132 Å². The van der Waals surface area contributed by atoms with E-state index in [4.69, 9.17) is 14.2 Å². The van der Waals surface area contributed by atoms with E-state index < -0.39 is 5.82 Å². The van der Waals surface area contributed by atoms with E-state index in [1.807, 2.05) is 55.5 Å². The van der Waals surface area contributed by atoms with Gasteiger partial charge in [-0.3, -0.25) is 4.79 Å². The molecule has 0 spiro atoms. The Labute approximate surface area is 224 Å². The van der Waals surface area contributed by atoms with E-state index in [9.17, 15) is 9.18 Å². The topological polar surface area (TPSA) is 82.6 Å². The van der Waals surface area contributed by atoms with E-state index in [0.717, 1.165) is 17.5 Å². The van der Waals surface area contributed by atoms with Crippen molar-refractivity contribution < 1.29 is 23.4 Å². The molecule has 0 aliphatic heterocycles. The van der Waals surface area contributed by atoms with Gasteiger partial charge in [0, 0.05) is 5.69 Å². The summed E-state index contributed by atoms with van der Waals surface area (Å²) in [7, 11) is 0. The van der Waals surface area contributed by atoms with Crippen molar-refractivity contribution >= 4 is 11.6 Å². The lowest BCUT2D eigenvalue weighted by molar-refractivity contribution is 0.102. The van der Waals surface area contributed by atoms with E-state index in [1.54, 1.807) is 54.6 Å². The van der Waals surface area contributed by atoms with Crippen LogP contribution in [0.3, 0.4) is 0 Å². The van der Waals surface area contributed by atoms with E-state index in [0.29, 0.717) is 35.1 Å². The van der Waals surface area contributed by atoms with Crippen molar-refractivity contribution in [1.82, 2.24) is 9.97 Å². The first-order valence-electron chi connectivity index (χ1n) is 12.2. The first kappa shape index (κ1) is 25.4. The molecule has 0 fully saturated rings. The molecule has 0 aliphatic carbocycles. The molecule has 7 nitrogen and oxygen atoms in total. The summed E-state index contributed by atoms with van der Waals surface area (Å²) in [6, 6.07) is 30.4. The number of halogens is 1. The van der Waals surface area contributed by atoms with E-state index in [2.05, 4.69) is 15.3 Å². The third-order valence-corrected chi connectivity index (χ3v) is 5.69. The molecule has 0 radical (unpaired) electrons. The van der Waals surface area contributed by atoms with Gasteiger partial charge in [-0.25, -0.2) is 0 Å². The highest BCUT2D eigenvalue weighted by Crippen LogP contribution is 2.30. The van der Waals surface area contributed by atoms with Gasteiger partial charge in [0.25, 0.3) is 17.7 Å². The summed E-state index contributed by atoms with van der Waals surface area (Å²) >= 11 is 0. The first-order valence-corrected chi connectivity index (χ1v) is 12.2.